The van der Waals surface area contributed by atoms with Gasteiger partial charge in [0.1, 0.15) is 22.6 Å². The highest BCUT2D eigenvalue weighted by atomic mass is 32.1. The van der Waals surface area contributed by atoms with Crippen molar-refractivity contribution in [3.05, 3.63) is 40.3 Å². The topological polar surface area (TPSA) is 54.0 Å². The zero-order valence-electron chi connectivity index (χ0n) is 13.3. The second-order valence-electron chi connectivity index (χ2n) is 5.53. The van der Waals surface area contributed by atoms with Crippen LogP contribution in [0.3, 0.4) is 0 Å². The van der Waals surface area contributed by atoms with E-state index in [-0.39, 0.29) is 5.82 Å². The molecule has 6 heteroatoms. The molecule has 0 saturated carbocycles. The number of imidazole rings is 1. The van der Waals surface area contributed by atoms with E-state index in [9.17, 15) is 9.65 Å². The quantitative estimate of drug-likeness (QED) is 0.698. The maximum absolute atomic E-state index is 13.5. The van der Waals surface area contributed by atoms with E-state index < -0.39 is 0 Å². The Morgan fingerprint density at radius 3 is 2.70 bits per heavy atom. The molecule has 0 atom stereocenters. The lowest BCUT2D eigenvalue weighted by molar-refractivity contribution is 0.618. The van der Waals surface area contributed by atoms with Gasteiger partial charge in [0.05, 0.1) is 0 Å². The van der Waals surface area contributed by atoms with E-state index in [0.29, 0.717) is 27.8 Å². The molecule has 0 N–H and O–H groups in total. The lowest BCUT2D eigenvalue weighted by Gasteiger charge is -2.06. The van der Waals surface area contributed by atoms with E-state index in [0.717, 1.165) is 23.4 Å². The number of aryl methyl sites for hydroxylation is 1. The number of nitrogens with zero attached hydrogens (tertiary/aromatic N) is 4. The van der Waals surface area contributed by atoms with Crippen molar-refractivity contribution in [1.82, 2.24) is 14.6 Å². The molecule has 4 nitrogen and oxygen atoms in total. The van der Waals surface area contributed by atoms with Gasteiger partial charge < -0.3 is 0 Å². The number of aromatic nitrogens is 3. The first-order valence-electron chi connectivity index (χ1n) is 7.65. The van der Waals surface area contributed by atoms with Crippen LogP contribution in [0.15, 0.2) is 18.2 Å². The van der Waals surface area contributed by atoms with Gasteiger partial charge in [0.25, 0.3) is 0 Å². The van der Waals surface area contributed by atoms with Crippen LogP contribution in [0.4, 0.5) is 4.39 Å². The van der Waals surface area contributed by atoms with Crippen LogP contribution in [-0.4, -0.2) is 14.6 Å². The molecule has 0 amide bonds. The van der Waals surface area contributed by atoms with Crippen LogP contribution in [0.5, 0.6) is 0 Å². The molecule has 0 aliphatic heterocycles. The molecule has 0 aliphatic carbocycles. The molecule has 3 rings (SSSR count). The highest BCUT2D eigenvalue weighted by molar-refractivity contribution is 7.16. The third-order valence-electron chi connectivity index (χ3n) is 4.09. The zero-order valence-corrected chi connectivity index (χ0v) is 14.1. The molecule has 0 unspecified atom stereocenters. The number of hydrogen-bond acceptors (Lipinski definition) is 4. The largest absolute Gasteiger partial charge is 0.216 e. The molecule has 3 aromatic rings. The molecular formula is C17H17FN4S. The van der Waals surface area contributed by atoms with Crippen molar-refractivity contribution in [1.29, 1.82) is 5.26 Å². The van der Waals surface area contributed by atoms with Gasteiger partial charge >= 0.3 is 0 Å². The maximum atomic E-state index is 13.5. The van der Waals surface area contributed by atoms with Gasteiger partial charge in [-0.2, -0.15) is 14.9 Å². The number of halogens is 1. The summed E-state index contributed by atoms with van der Waals surface area (Å²) in [5.74, 6) is 0.132. The molecule has 0 bridgehead atoms. The molecule has 0 radical (unpaired) electrons. The van der Waals surface area contributed by atoms with E-state index >= 15 is 0 Å². The van der Waals surface area contributed by atoms with Gasteiger partial charge in [-0.1, -0.05) is 25.2 Å². The molecule has 2 aromatic heterocycles. The fraction of sp³-hybridized carbons (Fsp3) is 0.353. The monoisotopic (exact) mass is 328 g/mol. The molecule has 1 aromatic carbocycles. The zero-order chi connectivity index (χ0) is 16.6. The minimum atomic E-state index is -0.262. The predicted molar refractivity (Wildman–Crippen MR) is 89.0 cm³/mol. The van der Waals surface area contributed by atoms with Crippen molar-refractivity contribution in [3.63, 3.8) is 0 Å². The van der Waals surface area contributed by atoms with Crippen molar-refractivity contribution in [2.75, 3.05) is 0 Å². The first kappa shape index (κ1) is 15.6. The Balaban J connectivity index is 2.14. The highest BCUT2D eigenvalue weighted by Crippen LogP contribution is 2.31. The molecule has 0 fully saturated rings. The van der Waals surface area contributed by atoms with Crippen LogP contribution in [0.2, 0.25) is 0 Å². The van der Waals surface area contributed by atoms with Crippen LogP contribution in [0.1, 0.15) is 48.9 Å². The Hall–Kier alpha value is -2.26. The van der Waals surface area contributed by atoms with E-state index in [2.05, 4.69) is 30.0 Å². The SMILES string of the molecule is CCC(CC)c1nn2c(C#N)c(-c3ccc(F)c(C)c3)nc2s1. The van der Waals surface area contributed by atoms with Gasteiger partial charge in [-0.05, 0) is 43.5 Å². The van der Waals surface area contributed by atoms with E-state index in [1.807, 2.05) is 0 Å². The second kappa shape index (κ2) is 6.09. The minimum Gasteiger partial charge on any atom is -0.216 e. The summed E-state index contributed by atoms with van der Waals surface area (Å²) in [5.41, 5.74) is 2.24. The van der Waals surface area contributed by atoms with Crippen LogP contribution in [0.25, 0.3) is 16.2 Å². The van der Waals surface area contributed by atoms with Crippen molar-refractivity contribution in [2.24, 2.45) is 0 Å². The predicted octanol–water partition coefficient (Wildman–Crippen LogP) is 4.68. The number of benzene rings is 1. The average molecular weight is 328 g/mol. The summed E-state index contributed by atoms with van der Waals surface area (Å²) in [6.07, 6.45) is 2.03. The molecule has 23 heavy (non-hydrogen) atoms. The first-order valence-corrected chi connectivity index (χ1v) is 8.46. The molecule has 0 spiro atoms. The van der Waals surface area contributed by atoms with E-state index in [1.165, 1.54) is 17.4 Å². The summed E-state index contributed by atoms with van der Waals surface area (Å²) in [5, 5.41) is 15.1. The van der Waals surface area contributed by atoms with E-state index in [4.69, 9.17) is 0 Å². The standard InChI is InChI=1S/C17H17FN4S/c1-4-11(5-2)16-21-22-14(9-19)15(20-17(22)23-16)12-6-7-13(18)10(3)8-12/h6-8,11H,4-5H2,1-3H3. The van der Waals surface area contributed by atoms with Crippen LogP contribution >= 0.6 is 11.3 Å². The van der Waals surface area contributed by atoms with Gasteiger partial charge in [0.2, 0.25) is 4.96 Å². The molecule has 0 aliphatic rings. The smallest absolute Gasteiger partial charge is 0.214 e. The van der Waals surface area contributed by atoms with Crippen molar-refractivity contribution in [3.8, 4) is 17.3 Å². The third kappa shape index (κ3) is 2.62. The third-order valence-corrected chi connectivity index (χ3v) is 5.16. The number of rotatable bonds is 4. The lowest BCUT2D eigenvalue weighted by Crippen LogP contribution is -1.98. The van der Waals surface area contributed by atoms with Crippen molar-refractivity contribution < 1.29 is 4.39 Å². The lowest BCUT2D eigenvalue weighted by atomic mass is 10.1. The Kier molecular flexibility index (Phi) is 4.14. The Morgan fingerprint density at radius 2 is 2.09 bits per heavy atom. The molecule has 0 saturated heterocycles. The summed E-state index contributed by atoms with van der Waals surface area (Å²) in [6, 6.07) is 6.96. The normalized spacial score (nSPS) is 11.3. The van der Waals surface area contributed by atoms with Crippen LogP contribution in [0, 0.1) is 24.1 Å². The Bertz CT molecular complexity index is 899. The number of nitriles is 1. The molecule has 118 valence electrons. The maximum Gasteiger partial charge on any atom is 0.214 e. The van der Waals surface area contributed by atoms with Gasteiger partial charge in [0, 0.05) is 11.5 Å². The van der Waals surface area contributed by atoms with Gasteiger partial charge in [-0.25, -0.2) is 9.37 Å². The molecule has 2 heterocycles. The van der Waals surface area contributed by atoms with Crippen molar-refractivity contribution >= 4 is 16.3 Å². The summed E-state index contributed by atoms with van der Waals surface area (Å²) in [6.45, 7) is 5.97. The fourth-order valence-electron chi connectivity index (χ4n) is 2.66. The minimum absolute atomic E-state index is 0.262. The van der Waals surface area contributed by atoms with Gasteiger partial charge in [-0.15, -0.1) is 0 Å². The molecular weight excluding hydrogens is 311 g/mol. The van der Waals surface area contributed by atoms with Crippen LogP contribution < -0.4 is 0 Å². The first-order chi connectivity index (χ1) is 11.1. The Morgan fingerprint density at radius 1 is 1.35 bits per heavy atom. The average Bonchev–Trinajstić information content (AvgIpc) is 3.08. The number of fused-ring (bicyclic) bond motifs is 1. The van der Waals surface area contributed by atoms with Crippen molar-refractivity contribution in [2.45, 2.75) is 39.5 Å². The summed E-state index contributed by atoms with van der Waals surface area (Å²) >= 11 is 1.52. The number of hydrogen-bond donors (Lipinski definition) is 0. The van der Waals surface area contributed by atoms with Gasteiger partial charge in [0.15, 0.2) is 5.69 Å². The van der Waals surface area contributed by atoms with E-state index in [1.54, 1.807) is 23.6 Å². The second-order valence-corrected chi connectivity index (χ2v) is 6.52. The highest BCUT2D eigenvalue weighted by Gasteiger charge is 2.20. The van der Waals surface area contributed by atoms with Gasteiger partial charge in [-0.3, -0.25) is 0 Å². The Labute approximate surface area is 138 Å². The fourth-order valence-corrected chi connectivity index (χ4v) is 3.82. The summed E-state index contributed by atoms with van der Waals surface area (Å²) in [4.78, 5) is 5.28. The summed E-state index contributed by atoms with van der Waals surface area (Å²) in [7, 11) is 0. The summed E-state index contributed by atoms with van der Waals surface area (Å²) < 4.78 is 15.1. The van der Waals surface area contributed by atoms with Crippen LogP contribution in [-0.2, 0) is 0 Å².